The quantitative estimate of drug-likeness (QED) is 0.872. The Morgan fingerprint density at radius 2 is 1.81 bits per heavy atom. The van der Waals surface area contributed by atoms with Crippen LogP contribution in [0.2, 0.25) is 5.02 Å². The third kappa shape index (κ3) is 4.31. The van der Waals surface area contributed by atoms with Gasteiger partial charge in [-0.05, 0) is 23.8 Å². The third-order valence-electron chi connectivity index (χ3n) is 5.24. The number of hydrogen-bond donors (Lipinski definition) is 1. The van der Waals surface area contributed by atoms with E-state index >= 15 is 0 Å². The molecule has 1 saturated heterocycles. The minimum absolute atomic E-state index is 0.118. The first kappa shape index (κ1) is 18.0. The van der Waals surface area contributed by atoms with Crippen molar-refractivity contribution >= 4 is 28.9 Å². The number of benzene rings is 2. The summed E-state index contributed by atoms with van der Waals surface area (Å²) in [4.78, 5) is 16.3. The topological polar surface area (TPSA) is 40.4 Å². The Kier molecular flexibility index (Phi) is 5.41. The molecule has 0 spiro atoms. The van der Waals surface area contributed by atoms with E-state index in [4.69, 9.17) is 11.6 Å². The number of halogens is 1. The van der Waals surface area contributed by atoms with E-state index in [-0.39, 0.29) is 5.91 Å². The van der Waals surface area contributed by atoms with E-state index in [1.807, 2.05) is 48.5 Å². The second kappa shape index (κ2) is 8.11. The van der Waals surface area contributed by atoms with Crippen molar-refractivity contribution in [1.29, 1.82) is 0 Å². The van der Waals surface area contributed by atoms with Crippen LogP contribution in [-0.4, -0.2) is 55.9 Å². The van der Waals surface area contributed by atoms with Crippen LogP contribution in [-0.2, 0) is 4.79 Å². The molecule has 0 radical (unpaired) electrons. The van der Waals surface area contributed by atoms with Gasteiger partial charge in [-0.15, -0.1) is 0 Å². The molecule has 0 aliphatic carbocycles. The van der Waals surface area contributed by atoms with Gasteiger partial charge in [0.2, 0.25) is 0 Å². The van der Waals surface area contributed by atoms with Crippen LogP contribution in [0.25, 0.3) is 0 Å². The Bertz CT molecular complexity index is 831. The number of nitrogens with zero attached hydrogens (tertiary/aromatic N) is 3. The fourth-order valence-electron chi connectivity index (χ4n) is 3.71. The summed E-state index contributed by atoms with van der Waals surface area (Å²) in [5.41, 5.74) is 3.27. The number of hydrazone groups is 1. The summed E-state index contributed by atoms with van der Waals surface area (Å²) in [5, 5.41) is 6.97. The lowest BCUT2D eigenvalue weighted by molar-refractivity contribution is -0.892. The van der Waals surface area contributed by atoms with Crippen molar-refractivity contribution in [1.82, 2.24) is 5.01 Å². The van der Waals surface area contributed by atoms with E-state index in [2.05, 4.69) is 16.1 Å². The van der Waals surface area contributed by atoms with Crippen molar-refractivity contribution in [3.8, 4) is 0 Å². The zero-order chi connectivity index (χ0) is 18.6. The van der Waals surface area contributed by atoms with Crippen LogP contribution in [0.15, 0.2) is 59.7 Å². The molecule has 2 aliphatic heterocycles. The van der Waals surface area contributed by atoms with Gasteiger partial charge in [0.05, 0.1) is 38.4 Å². The first-order valence-electron chi connectivity index (χ1n) is 9.46. The van der Waals surface area contributed by atoms with Crippen molar-refractivity contribution in [2.24, 2.45) is 5.10 Å². The predicted octanol–water partition coefficient (Wildman–Crippen LogP) is 1.68. The number of anilines is 1. The molecule has 2 heterocycles. The third-order valence-corrected chi connectivity index (χ3v) is 5.48. The minimum atomic E-state index is 0.118. The SMILES string of the molecule is O=C(C[NH+]1CCN(c2cccc(Cl)c2)CC1)N1CCC(c2ccccc2)=N1. The Hall–Kier alpha value is -2.37. The van der Waals surface area contributed by atoms with Gasteiger partial charge in [-0.3, -0.25) is 4.79 Å². The molecule has 5 nitrogen and oxygen atoms in total. The maximum atomic E-state index is 12.7. The molecule has 2 aliphatic rings. The highest BCUT2D eigenvalue weighted by Crippen LogP contribution is 2.19. The van der Waals surface area contributed by atoms with Gasteiger partial charge >= 0.3 is 0 Å². The molecule has 1 N–H and O–H groups in total. The number of nitrogens with one attached hydrogen (secondary N) is 1. The lowest BCUT2D eigenvalue weighted by Crippen LogP contribution is -3.15. The van der Waals surface area contributed by atoms with Crippen LogP contribution in [0.5, 0.6) is 0 Å². The number of hydrogen-bond acceptors (Lipinski definition) is 3. The lowest BCUT2D eigenvalue weighted by atomic mass is 10.1. The normalized spacial score (nSPS) is 17.9. The molecule has 2 aromatic rings. The molecular formula is C21H24ClN4O+. The van der Waals surface area contributed by atoms with Gasteiger partial charge in [0.1, 0.15) is 0 Å². The Labute approximate surface area is 164 Å². The minimum Gasteiger partial charge on any atom is -0.360 e. The first-order valence-corrected chi connectivity index (χ1v) is 9.84. The fourth-order valence-corrected chi connectivity index (χ4v) is 3.89. The molecule has 6 heteroatoms. The number of carbonyl (C=O) groups is 1. The van der Waals surface area contributed by atoms with E-state index in [0.717, 1.165) is 54.6 Å². The van der Waals surface area contributed by atoms with Crippen LogP contribution in [0.1, 0.15) is 12.0 Å². The Morgan fingerprint density at radius 3 is 2.56 bits per heavy atom. The van der Waals surface area contributed by atoms with E-state index in [9.17, 15) is 4.79 Å². The second-order valence-electron chi connectivity index (χ2n) is 7.07. The smallest absolute Gasteiger partial charge is 0.297 e. The maximum Gasteiger partial charge on any atom is 0.297 e. The standard InChI is InChI=1S/C21H23ClN4O/c22-18-7-4-8-19(15-18)25-13-11-24(12-14-25)16-21(27)26-10-9-20(23-26)17-5-2-1-3-6-17/h1-8,15H,9-14,16H2/p+1. The predicted molar refractivity (Wildman–Crippen MR) is 109 cm³/mol. The molecule has 140 valence electrons. The Morgan fingerprint density at radius 1 is 1.04 bits per heavy atom. The van der Waals surface area contributed by atoms with Crippen molar-refractivity contribution in [2.45, 2.75) is 6.42 Å². The second-order valence-corrected chi connectivity index (χ2v) is 7.51. The first-order chi connectivity index (χ1) is 13.2. The van der Waals surface area contributed by atoms with Gasteiger partial charge in [0.25, 0.3) is 5.91 Å². The van der Waals surface area contributed by atoms with Crippen LogP contribution in [0, 0.1) is 0 Å². The highest BCUT2D eigenvalue weighted by molar-refractivity contribution is 6.30. The molecule has 0 aromatic heterocycles. The molecule has 27 heavy (non-hydrogen) atoms. The molecule has 1 fully saturated rings. The average Bonchev–Trinajstić information content (AvgIpc) is 3.20. The largest absolute Gasteiger partial charge is 0.360 e. The van der Waals surface area contributed by atoms with Gasteiger partial charge in [0, 0.05) is 17.1 Å². The van der Waals surface area contributed by atoms with Crippen LogP contribution >= 0.6 is 11.6 Å². The molecule has 0 saturated carbocycles. The summed E-state index contributed by atoms with van der Waals surface area (Å²) in [6.45, 7) is 4.95. The van der Waals surface area contributed by atoms with Gasteiger partial charge < -0.3 is 9.80 Å². The number of rotatable bonds is 4. The summed E-state index contributed by atoms with van der Waals surface area (Å²) in [5.74, 6) is 0.118. The molecule has 2 aromatic carbocycles. The molecule has 0 bridgehead atoms. The van der Waals surface area contributed by atoms with Crippen molar-refractivity contribution in [3.63, 3.8) is 0 Å². The summed E-state index contributed by atoms with van der Waals surface area (Å²) in [6.07, 6.45) is 0.827. The van der Waals surface area contributed by atoms with Crippen LogP contribution < -0.4 is 9.80 Å². The van der Waals surface area contributed by atoms with Crippen molar-refractivity contribution < 1.29 is 9.69 Å². The van der Waals surface area contributed by atoms with Gasteiger partial charge in [-0.1, -0.05) is 48.0 Å². The summed E-state index contributed by atoms with van der Waals surface area (Å²) < 4.78 is 0. The van der Waals surface area contributed by atoms with E-state index in [0.29, 0.717) is 13.1 Å². The maximum absolute atomic E-state index is 12.7. The number of piperazine rings is 1. The molecule has 4 rings (SSSR count). The van der Waals surface area contributed by atoms with Gasteiger partial charge in [0.15, 0.2) is 6.54 Å². The number of quaternary nitrogens is 1. The molecular weight excluding hydrogens is 360 g/mol. The van der Waals surface area contributed by atoms with E-state index < -0.39 is 0 Å². The fraction of sp³-hybridized carbons (Fsp3) is 0.333. The number of carbonyl (C=O) groups excluding carboxylic acids is 1. The Balaban J connectivity index is 1.30. The van der Waals surface area contributed by atoms with Crippen molar-refractivity contribution in [2.75, 3.05) is 44.2 Å². The van der Waals surface area contributed by atoms with Crippen molar-refractivity contribution in [3.05, 3.63) is 65.2 Å². The zero-order valence-corrected chi connectivity index (χ0v) is 16.0. The summed E-state index contributed by atoms with van der Waals surface area (Å²) in [7, 11) is 0. The van der Waals surface area contributed by atoms with Crippen LogP contribution in [0.4, 0.5) is 5.69 Å². The van der Waals surface area contributed by atoms with Gasteiger partial charge in [-0.2, -0.15) is 5.10 Å². The lowest BCUT2D eigenvalue weighted by Gasteiger charge is -2.33. The highest BCUT2D eigenvalue weighted by atomic mass is 35.5. The van der Waals surface area contributed by atoms with E-state index in [1.165, 1.54) is 4.90 Å². The highest BCUT2D eigenvalue weighted by Gasteiger charge is 2.27. The molecule has 0 unspecified atom stereocenters. The average molecular weight is 384 g/mol. The monoisotopic (exact) mass is 383 g/mol. The molecule has 0 atom stereocenters. The molecule has 1 amide bonds. The number of amides is 1. The van der Waals surface area contributed by atoms with Crippen LogP contribution in [0.3, 0.4) is 0 Å². The zero-order valence-electron chi connectivity index (χ0n) is 15.3. The summed E-state index contributed by atoms with van der Waals surface area (Å²) in [6, 6.07) is 18.1. The van der Waals surface area contributed by atoms with Gasteiger partial charge in [-0.25, -0.2) is 5.01 Å². The van der Waals surface area contributed by atoms with E-state index in [1.54, 1.807) is 5.01 Å². The summed E-state index contributed by atoms with van der Waals surface area (Å²) >= 11 is 6.10.